The van der Waals surface area contributed by atoms with Crippen molar-refractivity contribution in [2.75, 3.05) is 19.8 Å². The van der Waals surface area contributed by atoms with Gasteiger partial charge in [-0.2, -0.15) is 0 Å². The normalized spacial score (nSPS) is 11.3. The number of sulfonamides is 1. The Labute approximate surface area is 110 Å². The summed E-state index contributed by atoms with van der Waals surface area (Å²) in [7, 11) is -4.06. The SMILES string of the molecule is CCOCCNC(=O)c1cc(F)cc(S(N)(=O)=O)c1. The second kappa shape index (κ2) is 6.60. The van der Waals surface area contributed by atoms with E-state index >= 15 is 0 Å². The van der Waals surface area contributed by atoms with Crippen LogP contribution in [-0.2, 0) is 14.8 Å². The predicted octanol–water partition coefficient (Wildman–Crippen LogP) is 0.239. The molecule has 0 saturated heterocycles. The van der Waals surface area contributed by atoms with E-state index in [1.807, 2.05) is 6.92 Å². The molecule has 0 unspecified atom stereocenters. The second-order valence-corrected chi connectivity index (χ2v) is 5.23. The molecule has 0 aliphatic carbocycles. The maximum Gasteiger partial charge on any atom is 0.251 e. The lowest BCUT2D eigenvalue weighted by Gasteiger charge is -2.07. The molecular formula is C11H15FN2O4S. The Balaban J connectivity index is 2.83. The number of ether oxygens (including phenoxy) is 1. The molecule has 0 fully saturated rings. The molecule has 19 heavy (non-hydrogen) atoms. The maximum absolute atomic E-state index is 13.2. The molecular weight excluding hydrogens is 275 g/mol. The van der Waals surface area contributed by atoms with E-state index in [2.05, 4.69) is 5.32 Å². The summed E-state index contributed by atoms with van der Waals surface area (Å²) in [5, 5.41) is 7.36. The first-order valence-corrected chi connectivity index (χ1v) is 7.08. The van der Waals surface area contributed by atoms with Crippen molar-refractivity contribution in [1.29, 1.82) is 0 Å². The summed E-state index contributed by atoms with van der Waals surface area (Å²) >= 11 is 0. The third kappa shape index (κ3) is 4.93. The monoisotopic (exact) mass is 290 g/mol. The molecule has 1 aromatic carbocycles. The average Bonchev–Trinajstić information content (AvgIpc) is 2.32. The van der Waals surface area contributed by atoms with Crippen LogP contribution in [0, 0.1) is 5.82 Å². The van der Waals surface area contributed by atoms with Gasteiger partial charge in [-0.3, -0.25) is 4.79 Å². The number of rotatable bonds is 6. The van der Waals surface area contributed by atoms with E-state index in [0.717, 1.165) is 18.2 Å². The van der Waals surface area contributed by atoms with Gasteiger partial charge in [0.1, 0.15) is 5.82 Å². The first-order valence-electron chi connectivity index (χ1n) is 5.54. The fourth-order valence-electron chi connectivity index (χ4n) is 1.34. The molecule has 0 aliphatic rings. The van der Waals surface area contributed by atoms with Crippen molar-refractivity contribution in [2.24, 2.45) is 5.14 Å². The first-order chi connectivity index (χ1) is 8.84. The fraction of sp³-hybridized carbons (Fsp3) is 0.364. The van der Waals surface area contributed by atoms with Crippen LogP contribution in [0.4, 0.5) is 4.39 Å². The molecule has 0 saturated carbocycles. The van der Waals surface area contributed by atoms with Crippen LogP contribution >= 0.6 is 0 Å². The number of hydrogen-bond donors (Lipinski definition) is 2. The molecule has 1 aromatic rings. The van der Waals surface area contributed by atoms with Gasteiger partial charge < -0.3 is 10.1 Å². The molecule has 0 aliphatic heterocycles. The summed E-state index contributed by atoms with van der Waals surface area (Å²) in [5.74, 6) is -1.44. The summed E-state index contributed by atoms with van der Waals surface area (Å²) in [6, 6.07) is 2.71. The van der Waals surface area contributed by atoms with E-state index in [9.17, 15) is 17.6 Å². The van der Waals surface area contributed by atoms with E-state index in [4.69, 9.17) is 9.88 Å². The van der Waals surface area contributed by atoms with Gasteiger partial charge in [0.05, 0.1) is 11.5 Å². The Hall–Kier alpha value is -1.51. The topological polar surface area (TPSA) is 98.5 Å². The van der Waals surface area contributed by atoms with Crippen LogP contribution in [0.25, 0.3) is 0 Å². The number of nitrogens with two attached hydrogens (primary N) is 1. The van der Waals surface area contributed by atoms with Crippen molar-refractivity contribution in [3.05, 3.63) is 29.6 Å². The highest BCUT2D eigenvalue weighted by Gasteiger charge is 2.14. The van der Waals surface area contributed by atoms with E-state index < -0.39 is 26.6 Å². The van der Waals surface area contributed by atoms with Gasteiger partial charge in [0, 0.05) is 18.7 Å². The number of carbonyl (C=O) groups is 1. The highest BCUT2D eigenvalue weighted by molar-refractivity contribution is 7.89. The van der Waals surface area contributed by atoms with Gasteiger partial charge in [-0.05, 0) is 25.1 Å². The van der Waals surface area contributed by atoms with Crippen LogP contribution in [0.3, 0.4) is 0 Å². The molecule has 0 radical (unpaired) electrons. The smallest absolute Gasteiger partial charge is 0.251 e. The lowest BCUT2D eigenvalue weighted by atomic mass is 10.2. The van der Waals surface area contributed by atoms with Crippen LogP contribution in [-0.4, -0.2) is 34.1 Å². The highest BCUT2D eigenvalue weighted by atomic mass is 32.2. The van der Waals surface area contributed by atoms with Crippen LogP contribution in [0.1, 0.15) is 17.3 Å². The van der Waals surface area contributed by atoms with Crippen molar-refractivity contribution in [3.63, 3.8) is 0 Å². The van der Waals surface area contributed by atoms with Gasteiger partial charge in [0.15, 0.2) is 0 Å². The average molecular weight is 290 g/mol. The van der Waals surface area contributed by atoms with Gasteiger partial charge in [-0.25, -0.2) is 17.9 Å². The third-order valence-electron chi connectivity index (χ3n) is 2.20. The molecule has 8 heteroatoms. The van der Waals surface area contributed by atoms with E-state index in [1.165, 1.54) is 0 Å². The molecule has 0 heterocycles. The number of amides is 1. The van der Waals surface area contributed by atoms with E-state index in [-0.39, 0.29) is 12.1 Å². The van der Waals surface area contributed by atoms with Gasteiger partial charge in [-0.15, -0.1) is 0 Å². The number of primary sulfonamides is 1. The molecule has 1 amide bonds. The van der Waals surface area contributed by atoms with Crippen molar-refractivity contribution < 1.29 is 22.3 Å². The zero-order valence-corrected chi connectivity index (χ0v) is 11.2. The lowest BCUT2D eigenvalue weighted by molar-refractivity contribution is 0.0922. The second-order valence-electron chi connectivity index (χ2n) is 3.67. The van der Waals surface area contributed by atoms with Crippen LogP contribution in [0.5, 0.6) is 0 Å². The van der Waals surface area contributed by atoms with Crippen molar-refractivity contribution in [2.45, 2.75) is 11.8 Å². The first kappa shape index (κ1) is 15.5. The van der Waals surface area contributed by atoms with Crippen molar-refractivity contribution in [3.8, 4) is 0 Å². The molecule has 1 rings (SSSR count). The highest BCUT2D eigenvalue weighted by Crippen LogP contribution is 2.13. The number of carbonyl (C=O) groups excluding carboxylic acids is 1. The van der Waals surface area contributed by atoms with Crippen LogP contribution in [0.15, 0.2) is 23.1 Å². The predicted molar refractivity (Wildman–Crippen MR) is 66.6 cm³/mol. The minimum Gasteiger partial charge on any atom is -0.380 e. The molecule has 106 valence electrons. The van der Waals surface area contributed by atoms with Crippen molar-refractivity contribution in [1.82, 2.24) is 5.32 Å². The molecule has 6 nitrogen and oxygen atoms in total. The number of nitrogens with one attached hydrogen (secondary N) is 1. The minimum absolute atomic E-state index is 0.111. The maximum atomic E-state index is 13.2. The molecule has 0 atom stereocenters. The van der Waals surface area contributed by atoms with Gasteiger partial charge in [0.2, 0.25) is 10.0 Å². The Morgan fingerprint density at radius 1 is 1.42 bits per heavy atom. The summed E-state index contributed by atoms with van der Waals surface area (Å²) < 4.78 is 40.5. The zero-order valence-electron chi connectivity index (χ0n) is 10.3. The van der Waals surface area contributed by atoms with Crippen LogP contribution < -0.4 is 10.5 Å². The largest absolute Gasteiger partial charge is 0.380 e. The van der Waals surface area contributed by atoms with Gasteiger partial charge in [-0.1, -0.05) is 0 Å². The fourth-order valence-corrected chi connectivity index (χ4v) is 1.91. The Morgan fingerprint density at radius 3 is 2.68 bits per heavy atom. The van der Waals surface area contributed by atoms with E-state index in [1.54, 1.807) is 0 Å². The van der Waals surface area contributed by atoms with E-state index in [0.29, 0.717) is 13.2 Å². The third-order valence-corrected chi connectivity index (χ3v) is 3.09. The zero-order chi connectivity index (χ0) is 14.5. The molecule has 0 aromatic heterocycles. The summed E-state index contributed by atoms with van der Waals surface area (Å²) in [6.07, 6.45) is 0. The molecule has 0 spiro atoms. The Bertz CT molecular complexity index is 560. The Morgan fingerprint density at radius 2 is 2.11 bits per heavy atom. The van der Waals surface area contributed by atoms with Crippen LogP contribution in [0.2, 0.25) is 0 Å². The quantitative estimate of drug-likeness (QED) is 0.733. The Kier molecular flexibility index (Phi) is 5.40. The molecule has 0 bridgehead atoms. The molecule has 3 N–H and O–H groups in total. The van der Waals surface area contributed by atoms with Gasteiger partial charge in [0.25, 0.3) is 5.91 Å². The van der Waals surface area contributed by atoms with Gasteiger partial charge >= 0.3 is 0 Å². The van der Waals surface area contributed by atoms with Crippen molar-refractivity contribution >= 4 is 15.9 Å². The minimum atomic E-state index is -4.06. The lowest BCUT2D eigenvalue weighted by Crippen LogP contribution is -2.27. The standard InChI is InChI=1S/C11H15FN2O4S/c1-2-18-4-3-14-11(15)8-5-9(12)7-10(6-8)19(13,16)17/h5-7H,2-4H2,1H3,(H,14,15)(H2,13,16,17). The number of halogens is 1. The number of benzene rings is 1. The summed E-state index contributed by atoms with van der Waals surface area (Å²) in [4.78, 5) is 11.2. The number of hydrogen-bond acceptors (Lipinski definition) is 4. The summed E-state index contributed by atoms with van der Waals surface area (Å²) in [6.45, 7) is 2.89. The summed E-state index contributed by atoms with van der Waals surface area (Å²) in [5.41, 5.74) is -0.111.